The van der Waals surface area contributed by atoms with Crippen LogP contribution in [0.25, 0.3) is 0 Å². The topological polar surface area (TPSA) is 9.23 Å². The van der Waals surface area contributed by atoms with Crippen LogP contribution in [0.3, 0.4) is 0 Å². The Hall–Kier alpha value is -0.890. The van der Waals surface area contributed by atoms with Gasteiger partial charge in [-0.15, -0.1) is 0 Å². The van der Waals surface area contributed by atoms with Crippen molar-refractivity contribution in [1.82, 2.24) is 0 Å². The Bertz CT molecular complexity index is 354. The molecule has 2 rings (SSSR count). The van der Waals surface area contributed by atoms with Gasteiger partial charge in [-0.25, -0.2) is 4.39 Å². The third-order valence-corrected chi connectivity index (χ3v) is 3.35. The molecule has 18 heavy (non-hydrogen) atoms. The molecule has 0 bridgehead atoms. The lowest BCUT2D eigenvalue weighted by Crippen LogP contribution is -2.15. The molecule has 0 aromatic heterocycles. The van der Waals surface area contributed by atoms with Gasteiger partial charge in [-0.1, -0.05) is 39.8 Å². The van der Waals surface area contributed by atoms with E-state index in [2.05, 4.69) is 13.8 Å². The van der Waals surface area contributed by atoms with Gasteiger partial charge in [-0.05, 0) is 41.9 Å². The minimum absolute atomic E-state index is 0.0590. The highest BCUT2D eigenvalue weighted by atomic mass is 19.1. The highest BCUT2D eigenvalue weighted by molar-refractivity contribution is 5.30. The molecule has 0 spiro atoms. The molecule has 1 aromatic rings. The van der Waals surface area contributed by atoms with Gasteiger partial charge in [0.1, 0.15) is 5.82 Å². The quantitative estimate of drug-likeness (QED) is 0.729. The van der Waals surface area contributed by atoms with Gasteiger partial charge in [0.2, 0.25) is 0 Å². The van der Waals surface area contributed by atoms with Crippen LogP contribution in [0.15, 0.2) is 18.2 Å². The van der Waals surface area contributed by atoms with E-state index in [1.165, 1.54) is 5.56 Å². The summed E-state index contributed by atoms with van der Waals surface area (Å²) in [6.45, 7) is 9.80. The number of ether oxygens (including phenoxy) is 1. The molecule has 0 unspecified atom stereocenters. The minimum Gasteiger partial charge on any atom is -0.381 e. The molecule has 1 aliphatic heterocycles. The molecular formula is C16H25FO. The van der Waals surface area contributed by atoms with E-state index in [0.29, 0.717) is 11.8 Å². The van der Waals surface area contributed by atoms with Crippen LogP contribution in [-0.4, -0.2) is 13.2 Å². The van der Waals surface area contributed by atoms with Gasteiger partial charge >= 0.3 is 0 Å². The first-order valence-electron chi connectivity index (χ1n) is 7.05. The molecule has 1 fully saturated rings. The Kier molecular flexibility index (Phi) is 6.34. The number of hydrogen-bond acceptors (Lipinski definition) is 1. The first kappa shape index (κ1) is 15.2. The second kappa shape index (κ2) is 7.52. The van der Waals surface area contributed by atoms with E-state index in [1.807, 2.05) is 26.0 Å². The van der Waals surface area contributed by atoms with Gasteiger partial charge in [-0.3, -0.25) is 0 Å². The summed E-state index contributed by atoms with van der Waals surface area (Å²) in [5, 5.41) is 0. The Morgan fingerprint density at radius 1 is 1.17 bits per heavy atom. The first-order chi connectivity index (χ1) is 8.68. The molecule has 0 saturated carbocycles. The van der Waals surface area contributed by atoms with E-state index in [1.54, 1.807) is 6.07 Å². The molecule has 0 atom stereocenters. The van der Waals surface area contributed by atoms with Crippen LogP contribution in [0, 0.1) is 5.82 Å². The molecule has 1 nitrogen and oxygen atoms in total. The van der Waals surface area contributed by atoms with Crippen LogP contribution < -0.4 is 0 Å². The Balaban J connectivity index is 0.000000771. The average molecular weight is 252 g/mol. The Labute approximate surface area is 110 Å². The van der Waals surface area contributed by atoms with Crippen molar-refractivity contribution >= 4 is 0 Å². The van der Waals surface area contributed by atoms with E-state index < -0.39 is 0 Å². The zero-order valence-electron chi connectivity index (χ0n) is 12.0. The van der Waals surface area contributed by atoms with E-state index in [-0.39, 0.29) is 5.82 Å². The third kappa shape index (κ3) is 3.81. The van der Waals surface area contributed by atoms with Crippen molar-refractivity contribution in [3.63, 3.8) is 0 Å². The summed E-state index contributed by atoms with van der Waals surface area (Å²) in [4.78, 5) is 0. The molecule has 0 amide bonds. The number of rotatable bonds is 2. The van der Waals surface area contributed by atoms with Gasteiger partial charge in [0.15, 0.2) is 0 Å². The highest BCUT2D eigenvalue weighted by Crippen LogP contribution is 2.30. The maximum absolute atomic E-state index is 13.8. The van der Waals surface area contributed by atoms with Crippen molar-refractivity contribution in [2.75, 3.05) is 13.2 Å². The fourth-order valence-corrected chi connectivity index (χ4v) is 2.24. The zero-order chi connectivity index (χ0) is 13.5. The summed E-state index contributed by atoms with van der Waals surface area (Å²) in [5.41, 5.74) is 2.11. The standard InChI is InChI=1S/C14H19FO.C2H6/c1-10(2)12-3-4-14(15)13(9-12)11-5-7-16-8-6-11;1-2/h3-4,9-11H,5-8H2,1-2H3;1-2H3. The summed E-state index contributed by atoms with van der Waals surface area (Å²) < 4.78 is 19.1. The maximum Gasteiger partial charge on any atom is 0.126 e. The molecular weight excluding hydrogens is 227 g/mol. The minimum atomic E-state index is -0.0590. The molecule has 2 heteroatoms. The lowest BCUT2D eigenvalue weighted by atomic mass is 9.88. The van der Waals surface area contributed by atoms with Gasteiger partial charge in [-0.2, -0.15) is 0 Å². The van der Waals surface area contributed by atoms with E-state index in [4.69, 9.17) is 4.74 Å². The van der Waals surface area contributed by atoms with Crippen molar-refractivity contribution in [3.05, 3.63) is 35.1 Å². The normalized spacial score (nSPS) is 16.3. The molecule has 1 saturated heterocycles. The molecule has 1 aliphatic rings. The summed E-state index contributed by atoms with van der Waals surface area (Å²) in [6, 6.07) is 5.54. The zero-order valence-corrected chi connectivity index (χ0v) is 12.0. The highest BCUT2D eigenvalue weighted by Gasteiger charge is 2.19. The van der Waals surface area contributed by atoms with Crippen LogP contribution in [0.4, 0.5) is 4.39 Å². The second-order valence-corrected chi connectivity index (χ2v) is 4.82. The number of benzene rings is 1. The van der Waals surface area contributed by atoms with E-state index >= 15 is 0 Å². The van der Waals surface area contributed by atoms with Gasteiger partial charge < -0.3 is 4.74 Å². The van der Waals surface area contributed by atoms with Crippen LogP contribution in [-0.2, 0) is 4.74 Å². The van der Waals surface area contributed by atoms with Crippen molar-refractivity contribution in [2.45, 2.75) is 52.4 Å². The SMILES string of the molecule is CC.CC(C)c1ccc(F)c(C2CCOCC2)c1. The summed E-state index contributed by atoms with van der Waals surface area (Å²) in [5.74, 6) is 0.739. The predicted octanol–water partition coefficient (Wildman–Crippen LogP) is 4.87. The lowest BCUT2D eigenvalue weighted by molar-refractivity contribution is 0.0846. The van der Waals surface area contributed by atoms with Gasteiger partial charge in [0.05, 0.1) is 0 Å². The maximum atomic E-state index is 13.8. The number of halogens is 1. The van der Waals surface area contributed by atoms with Crippen molar-refractivity contribution in [3.8, 4) is 0 Å². The molecule has 1 aromatic carbocycles. The van der Waals surface area contributed by atoms with Crippen LogP contribution in [0.1, 0.15) is 63.5 Å². The van der Waals surface area contributed by atoms with Crippen molar-refractivity contribution in [1.29, 1.82) is 0 Å². The molecule has 102 valence electrons. The van der Waals surface area contributed by atoms with Crippen molar-refractivity contribution in [2.24, 2.45) is 0 Å². The van der Waals surface area contributed by atoms with Gasteiger partial charge in [0, 0.05) is 13.2 Å². The summed E-state index contributed by atoms with van der Waals surface area (Å²) in [7, 11) is 0. The van der Waals surface area contributed by atoms with Crippen molar-refractivity contribution < 1.29 is 9.13 Å². The first-order valence-corrected chi connectivity index (χ1v) is 7.05. The van der Waals surface area contributed by atoms with Crippen LogP contribution in [0.2, 0.25) is 0 Å². The fraction of sp³-hybridized carbons (Fsp3) is 0.625. The second-order valence-electron chi connectivity index (χ2n) is 4.82. The van der Waals surface area contributed by atoms with Crippen LogP contribution >= 0.6 is 0 Å². The van der Waals surface area contributed by atoms with Gasteiger partial charge in [0.25, 0.3) is 0 Å². The predicted molar refractivity (Wildman–Crippen MR) is 74.6 cm³/mol. The molecule has 0 N–H and O–H groups in total. The smallest absolute Gasteiger partial charge is 0.126 e. The summed E-state index contributed by atoms with van der Waals surface area (Å²) in [6.07, 6.45) is 1.89. The third-order valence-electron chi connectivity index (χ3n) is 3.35. The summed E-state index contributed by atoms with van der Waals surface area (Å²) >= 11 is 0. The Morgan fingerprint density at radius 3 is 2.33 bits per heavy atom. The Morgan fingerprint density at radius 2 is 1.78 bits per heavy atom. The lowest BCUT2D eigenvalue weighted by Gasteiger charge is -2.23. The van der Waals surface area contributed by atoms with Crippen LogP contribution in [0.5, 0.6) is 0 Å². The molecule has 0 radical (unpaired) electrons. The largest absolute Gasteiger partial charge is 0.381 e. The number of hydrogen-bond donors (Lipinski definition) is 0. The molecule has 0 aliphatic carbocycles. The molecule has 1 heterocycles. The van der Waals surface area contributed by atoms with E-state index in [0.717, 1.165) is 31.6 Å². The fourth-order valence-electron chi connectivity index (χ4n) is 2.24. The van der Waals surface area contributed by atoms with E-state index in [9.17, 15) is 4.39 Å². The average Bonchev–Trinajstić information content (AvgIpc) is 2.42. The monoisotopic (exact) mass is 252 g/mol.